The smallest absolute Gasteiger partial charge is 0.275 e. The Labute approximate surface area is 174 Å². The SMILES string of the molecule is CC(=O)C[C@@H](C=O)NC(=O)[C@H](C)n1cccc(NC(=O)CCc2ccccc2)c1=O. The molecule has 2 rings (SSSR count). The molecular formula is C22H25N3O5. The van der Waals surface area contributed by atoms with Crippen molar-refractivity contribution in [2.24, 2.45) is 0 Å². The van der Waals surface area contributed by atoms with Crippen LogP contribution in [0.2, 0.25) is 0 Å². The third-order valence-electron chi connectivity index (χ3n) is 4.53. The normalized spacial score (nSPS) is 12.5. The number of Topliss-reactive ketones (excluding diaryl/α,β-unsaturated/α-hetero) is 1. The van der Waals surface area contributed by atoms with Gasteiger partial charge in [-0.15, -0.1) is 0 Å². The standard InChI is InChI=1S/C22H25N3O5/c1-15(27)13-18(14-26)23-21(29)16(2)25-12-6-9-19(22(25)30)24-20(28)11-10-17-7-4-3-5-8-17/h3-9,12,14,16,18H,10-11,13H2,1-2H3,(H,23,29)(H,24,28)/t16-,18-/m0/s1. The van der Waals surface area contributed by atoms with Crippen LogP contribution in [0.15, 0.2) is 53.5 Å². The maximum atomic E-state index is 12.7. The molecule has 1 heterocycles. The van der Waals surface area contributed by atoms with E-state index >= 15 is 0 Å². The van der Waals surface area contributed by atoms with E-state index in [0.29, 0.717) is 12.7 Å². The van der Waals surface area contributed by atoms with Crippen LogP contribution in [0.1, 0.15) is 38.3 Å². The summed E-state index contributed by atoms with van der Waals surface area (Å²) < 4.78 is 1.16. The number of amides is 2. The van der Waals surface area contributed by atoms with Gasteiger partial charge in [0.15, 0.2) is 0 Å². The van der Waals surface area contributed by atoms with Crippen LogP contribution in [0.25, 0.3) is 0 Å². The van der Waals surface area contributed by atoms with Gasteiger partial charge in [0.2, 0.25) is 11.8 Å². The van der Waals surface area contributed by atoms with Crippen LogP contribution in [0.3, 0.4) is 0 Å². The van der Waals surface area contributed by atoms with Crippen LogP contribution in [0.4, 0.5) is 5.69 Å². The van der Waals surface area contributed by atoms with Crippen molar-refractivity contribution in [3.05, 3.63) is 64.6 Å². The summed E-state index contributed by atoms with van der Waals surface area (Å²) in [7, 11) is 0. The summed E-state index contributed by atoms with van der Waals surface area (Å²) in [4.78, 5) is 59.6. The fraction of sp³-hybridized carbons (Fsp3) is 0.318. The van der Waals surface area contributed by atoms with Crippen molar-refractivity contribution >= 4 is 29.6 Å². The second-order valence-corrected chi connectivity index (χ2v) is 7.00. The van der Waals surface area contributed by atoms with Gasteiger partial charge in [0.05, 0.1) is 6.04 Å². The Bertz CT molecular complexity index is 968. The summed E-state index contributed by atoms with van der Waals surface area (Å²) in [5.41, 5.74) is 0.534. The Morgan fingerprint density at radius 3 is 2.43 bits per heavy atom. The molecule has 2 amide bonds. The first-order valence-electron chi connectivity index (χ1n) is 9.62. The molecule has 0 aliphatic heterocycles. The molecule has 0 fully saturated rings. The molecule has 30 heavy (non-hydrogen) atoms. The lowest BCUT2D eigenvalue weighted by Gasteiger charge is -2.18. The number of carbonyl (C=O) groups excluding carboxylic acids is 4. The first-order valence-corrected chi connectivity index (χ1v) is 9.62. The fourth-order valence-electron chi connectivity index (χ4n) is 2.90. The Kier molecular flexibility index (Phi) is 8.22. The molecule has 0 spiro atoms. The Morgan fingerprint density at radius 1 is 1.10 bits per heavy atom. The van der Waals surface area contributed by atoms with Gasteiger partial charge in [-0.3, -0.25) is 19.2 Å². The molecule has 1 aromatic carbocycles. The lowest BCUT2D eigenvalue weighted by molar-refractivity contribution is -0.127. The number of aromatic nitrogens is 1. The molecule has 0 radical (unpaired) electrons. The molecule has 0 aliphatic rings. The summed E-state index contributed by atoms with van der Waals surface area (Å²) >= 11 is 0. The van der Waals surface area contributed by atoms with Crippen LogP contribution >= 0.6 is 0 Å². The number of nitrogens with one attached hydrogen (secondary N) is 2. The van der Waals surface area contributed by atoms with Crippen molar-refractivity contribution in [2.45, 2.75) is 45.2 Å². The van der Waals surface area contributed by atoms with Gasteiger partial charge in [-0.1, -0.05) is 30.3 Å². The summed E-state index contributed by atoms with van der Waals surface area (Å²) in [6, 6.07) is 10.6. The van der Waals surface area contributed by atoms with Crippen LogP contribution < -0.4 is 16.2 Å². The van der Waals surface area contributed by atoms with Crippen molar-refractivity contribution < 1.29 is 19.2 Å². The number of pyridine rings is 1. The molecule has 0 saturated heterocycles. The van der Waals surface area contributed by atoms with E-state index in [9.17, 15) is 24.0 Å². The minimum atomic E-state index is -0.950. The van der Waals surface area contributed by atoms with Gasteiger partial charge in [0.1, 0.15) is 23.8 Å². The van der Waals surface area contributed by atoms with Crippen molar-refractivity contribution in [3.8, 4) is 0 Å². The van der Waals surface area contributed by atoms with E-state index in [-0.39, 0.29) is 30.2 Å². The van der Waals surface area contributed by atoms with E-state index in [1.165, 1.54) is 26.1 Å². The van der Waals surface area contributed by atoms with Gasteiger partial charge in [-0.2, -0.15) is 0 Å². The number of anilines is 1. The van der Waals surface area contributed by atoms with Crippen molar-refractivity contribution in [1.82, 2.24) is 9.88 Å². The number of nitrogens with zero attached hydrogens (tertiary/aromatic N) is 1. The maximum Gasteiger partial charge on any atom is 0.275 e. The summed E-state index contributed by atoms with van der Waals surface area (Å²) in [5.74, 6) is -1.13. The molecule has 2 aromatic rings. The van der Waals surface area contributed by atoms with E-state index in [1.807, 2.05) is 30.3 Å². The molecule has 0 saturated carbocycles. The first-order chi connectivity index (χ1) is 14.3. The number of carbonyl (C=O) groups is 4. The van der Waals surface area contributed by atoms with Crippen molar-refractivity contribution in [1.29, 1.82) is 0 Å². The summed E-state index contributed by atoms with van der Waals surface area (Å²) in [5, 5.41) is 5.04. The molecule has 1 aromatic heterocycles. The van der Waals surface area contributed by atoms with E-state index in [0.717, 1.165) is 10.1 Å². The van der Waals surface area contributed by atoms with E-state index in [4.69, 9.17) is 0 Å². The van der Waals surface area contributed by atoms with E-state index in [2.05, 4.69) is 10.6 Å². The van der Waals surface area contributed by atoms with Crippen LogP contribution in [-0.4, -0.2) is 34.5 Å². The molecule has 2 N–H and O–H groups in total. The number of ketones is 1. The molecule has 2 atom stereocenters. The molecule has 8 nitrogen and oxygen atoms in total. The minimum Gasteiger partial charge on any atom is -0.344 e. The molecule has 8 heteroatoms. The number of hydrogen-bond donors (Lipinski definition) is 2. The lowest BCUT2D eigenvalue weighted by Crippen LogP contribution is -2.42. The van der Waals surface area contributed by atoms with Crippen molar-refractivity contribution in [3.63, 3.8) is 0 Å². The number of aldehydes is 1. The third-order valence-corrected chi connectivity index (χ3v) is 4.53. The first kappa shape index (κ1) is 22.7. The monoisotopic (exact) mass is 411 g/mol. The van der Waals surface area contributed by atoms with Gasteiger partial charge in [0.25, 0.3) is 5.56 Å². The van der Waals surface area contributed by atoms with Crippen molar-refractivity contribution in [2.75, 3.05) is 5.32 Å². The quantitative estimate of drug-likeness (QED) is 0.577. The summed E-state index contributed by atoms with van der Waals surface area (Å²) in [6.07, 6.45) is 2.54. The zero-order chi connectivity index (χ0) is 22.1. The van der Waals surface area contributed by atoms with E-state index < -0.39 is 23.6 Å². The van der Waals surface area contributed by atoms with Crippen LogP contribution in [-0.2, 0) is 25.6 Å². The average molecular weight is 411 g/mol. The van der Waals surface area contributed by atoms with Crippen LogP contribution in [0, 0.1) is 0 Å². The molecule has 0 unspecified atom stereocenters. The number of rotatable bonds is 10. The predicted octanol–water partition coefficient (Wildman–Crippen LogP) is 1.64. The zero-order valence-electron chi connectivity index (χ0n) is 17.0. The molecule has 158 valence electrons. The largest absolute Gasteiger partial charge is 0.344 e. The molecule has 0 aliphatic carbocycles. The third kappa shape index (κ3) is 6.51. The highest BCUT2D eigenvalue weighted by molar-refractivity contribution is 5.90. The Balaban J connectivity index is 2.05. The van der Waals surface area contributed by atoms with E-state index in [1.54, 1.807) is 6.07 Å². The maximum absolute atomic E-state index is 12.7. The number of benzene rings is 1. The average Bonchev–Trinajstić information content (AvgIpc) is 2.73. The topological polar surface area (TPSA) is 114 Å². The minimum absolute atomic E-state index is 0.0610. The van der Waals surface area contributed by atoms with Gasteiger partial charge < -0.3 is 20.0 Å². The predicted molar refractivity (Wildman–Crippen MR) is 112 cm³/mol. The van der Waals surface area contributed by atoms with Gasteiger partial charge >= 0.3 is 0 Å². The zero-order valence-corrected chi connectivity index (χ0v) is 17.0. The Hall–Kier alpha value is -3.55. The second kappa shape index (κ2) is 10.8. The van der Waals surface area contributed by atoms with Gasteiger partial charge in [-0.25, -0.2) is 0 Å². The van der Waals surface area contributed by atoms with Gasteiger partial charge in [0, 0.05) is 19.0 Å². The van der Waals surface area contributed by atoms with Crippen LogP contribution in [0.5, 0.6) is 0 Å². The van der Waals surface area contributed by atoms with Gasteiger partial charge in [-0.05, 0) is 38.0 Å². The Morgan fingerprint density at radius 2 is 1.80 bits per heavy atom. The highest BCUT2D eigenvalue weighted by Crippen LogP contribution is 2.09. The highest BCUT2D eigenvalue weighted by atomic mass is 16.2. The number of hydrogen-bond acceptors (Lipinski definition) is 5. The highest BCUT2D eigenvalue weighted by Gasteiger charge is 2.21. The lowest BCUT2D eigenvalue weighted by atomic mass is 10.1. The summed E-state index contributed by atoms with van der Waals surface area (Å²) in [6.45, 7) is 2.81. The second-order valence-electron chi connectivity index (χ2n) is 7.00. The molecular weight excluding hydrogens is 386 g/mol. The molecule has 0 bridgehead atoms. The fourth-order valence-corrected chi connectivity index (χ4v) is 2.90. The number of aryl methyl sites for hydroxylation is 1.